The van der Waals surface area contributed by atoms with E-state index in [0.717, 1.165) is 17.7 Å². The van der Waals surface area contributed by atoms with Crippen LogP contribution in [0.15, 0.2) is 42.7 Å². The Kier molecular flexibility index (Phi) is 5.60. The number of rotatable bonds is 5. The van der Waals surface area contributed by atoms with Crippen molar-refractivity contribution in [1.82, 2.24) is 4.98 Å². The maximum absolute atomic E-state index is 12.8. The van der Waals surface area contributed by atoms with Gasteiger partial charge in [0.15, 0.2) is 0 Å². The van der Waals surface area contributed by atoms with Crippen LogP contribution in [0.4, 0.5) is 18.9 Å². The summed E-state index contributed by atoms with van der Waals surface area (Å²) < 4.78 is 38.3. The van der Waals surface area contributed by atoms with E-state index in [9.17, 15) is 18.0 Å². The summed E-state index contributed by atoms with van der Waals surface area (Å²) in [4.78, 5) is 15.8. The molecular formula is C16H14ClF3N2O. The number of alkyl halides is 3. The number of hydrogen-bond donors (Lipinski definition) is 1. The van der Waals surface area contributed by atoms with E-state index in [1.807, 2.05) is 12.1 Å². The van der Waals surface area contributed by atoms with E-state index in [1.165, 1.54) is 6.07 Å². The van der Waals surface area contributed by atoms with Gasteiger partial charge in [-0.1, -0.05) is 17.7 Å². The first-order valence-electron chi connectivity index (χ1n) is 6.92. The first-order chi connectivity index (χ1) is 10.9. The summed E-state index contributed by atoms with van der Waals surface area (Å²) in [6.45, 7) is 0. The van der Waals surface area contributed by atoms with Crippen LogP contribution in [0, 0.1) is 0 Å². The fourth-order valence-electron chi connectivity index (χ4n) is 2.04. The van der Waals surface area contributed by atoms with Crippen molar-refractivity contribution in [3.63, 3.8) is 0 Å². The van der Waals surface area contributed by atoms with Gasteiger partial charge in [0.1, 0.15) is 0 Å². The fourth-order valence-corrected chi connectivity index (χ4v) is 2.27. The third-order valence-corrected chi connectivity index (χ3v) is 3.48. The van der Waals surface area contributed by atoms with Gasteiger partial charge < -0.3 is 5.32 Å². The van der Waals surface area contributed by atoms with Crippen molar-refractivity contribution in [3.8, 4) is 0 Å². The number of amides is 1. The predicted molar refractivity (Wildman–Crippen MR) is 82.3 cm³/mol. The maximum Gasteiger partial charge on any atom is 0.417 e. The van der Waals surface area contributed by atoms with Crippen LogP contribution in [0.2, 0.25) is 5.02 Å². The van der Waals surface area contributed by atoms with Gasteiger partial charge >= 0.3 is 6.18 Å². The summed E-state index contributed by atoms with van der Waals surface area (Å²) in [5.74, 6) is -0.343. The molecule has 23 heavy (non-hydrogen) atoms. The fraction of sp³-hybridized carbons (Fsp3) is 0.250. The summed E-state index contributed by atoms with van der Waals surface area (Å²) in [7, 11) is 0. The van der Waals surface area contributed by atoms with E-state index in [2.05, 4.69) is 10.3 Å². The Bertz CT molecular complexity index is 675. The monoisotopic (exact) mass is 342 g/mol. The number of halogens is 4. The highest BCUT2D eigenvalue weighted by molar-refractivity contribution is 6.31. The first-order valence-corrected chi connectivity index (χ1v) is 7.29. The Hall–Kier alpha value is -2.08. The molecule has 1 amide bonds. The second kappa shape index (κ2) is 7.46. The number of carbonyl (C=O) groups is 1. The van der Waals surface area contributed by atoms with Crippen molar-refractivity contribution in [2.75, 3.05) is 5.32 Å². The zero-order valence-corrected chi connectivity index (χ0v) is 12.8. The average Bonchev–Trinajstić information content (AvgIpc) is 2.49. The Labute approximate surface area is 136 Å². The smallest absolute Gasteiger partial charge is 0.326 e. The molecule has 0 aliphatic carbocycles. The molecule has 1 aromatic heterocycles. The summed E-state index contributed by atoms with van der Waals surface area (Å²) in [6, 6.07) is 7.01. The van der Waals surface area contributed by atoms with Crippen molar-refractivity contribution >= 4 is 23.2 Å². The zero-order chi connectivity index (χ0) is 16.9. The number of benzene rings is 1. The Morgan fingerprint density at radius 2 is 2.04 bits per heavy atom. The highest BCUT2D eigenvalue weighted by Gasteiger charge is 2.33. The molecule has 0 fully saturated rings. The Morgan fingerprint density at radius 3 is 2.70 bits per heavy atom. The van der Waals surface area contributed by atoms with Crippen LogP contribution < -0.4 is 5.32 Å². The molecule has 0 aliphatic heterocycles. The minimum atomic E-state index is -4.56. The second-order valence-corrected chi connectivity index (χ2v) is 5.36. The quantitative estimate of drug-likeness (QED) is 0.854. The minimum Gasteiger partial charge on any atom is -0.326 e. The van der Waals surface area contributed by atoms with Gasteiger partial charge in [-0.25, -0.2) is 0 Å². The van der Waals surface area contributed by atoms with E-state index in [-0.39, 0.29) is 18.0 Å². The summed E-state index contributed by atoms with van der Waals surface area (Å²) in [5.41, 5.74) is 0.117. The third kappa shape index (κ3) is 5.25. The maximum atomic E-state index is 12.8. The number of nitrogens with one attached hydrogen (secondary N) is 1. The number of aryl methyl sites for hydroxylation is 1. The molecule has 0 unspecified atom stereocenters. The number of aromatic nitrogens is 1. The molecular weight excluding hydrogens is 329 g/mol. The van der Waals surface area contributed by atoms with Gasteiger partial charge in [0.2, 0.25) is 5.91 Å². The summed E-state index contributed by atoms with van der Waals surface area (Å²) in [6.07, 6.45) is 0.283. The van der Waals surface area contributed by atoms with E-state index < -0.39 is 16.8 Å². The predicted octanol–water partition coefficient (Wildman–Crippen LogP) is 4.72. The van der Waals surface area contributed by atoms with Crippen molar-refractivity contribution in [2.45, 2.75) is 25.4 Å². The Morgan fingerprint density at radius 1 is 1.26 bits per heavy atom. The van der Waals surface area contributed by atoms with Gasteiger partial charge in [-0.2, -0.15) is 13.2 Å². The molecule has 2 rings (SSSR count). The second-order valence-electron chi connectivity index (χ2n) is 4.96. The first kappa shape index (κ1) is 17.3. The molecule has 0 aliphatic rings. The van der Waals surface area contributed by atoms with Crippen LogP contribution in [0.1, 0.15) is 24.0 Å². The van der Waals surface area contributed by atoms with E-state index >= 15 is 0 Å². The number of nitrogens with zero attached hydrogens (tertiary/aromatic N) is 1. The van der Waals surface area contributed by atoms with Crippen LogP contribution in [-0.4, -0.2) is 10.9 Å². The molecule has 0 spiro atoms. The molecule has 0 atom stereocenters. The normalized spacial score (nSPS) is 11.3. The number of anilines is 1. The largest absolute Gasteiger partial charge is 0.417 e. The molecule has 122 valence electrons. The average molecular weight is 343 g/mol. The summed E-state index contributed by atoms with van der Waals surface area (Å²) in [5, 5.41) is 2.06. The molecule has 1 heterocycles. The van der Waals surface area contributed by atoms with Gasteiger partial charge in [-0.15, -0.1) is 0 Å². The molecule has 0 saturated carbocycles. The lowest BCUT2D eigenvalue weighted by Crippen LogP contribution is -2.13. The zero-order valence-electron chi connectivity index (χ0n) is 12.0. The van der Waals surface area contributed by atoms with Crippen LogP contribution in [0.3, 0.4) is 0 Å². The highest BCUT2D eigenvalue weighted by atomic mass is 35.5. The molecule has 1 aromatic carbocycles. The van der Waals surface area contributed by atoms with Gasteiger partial charge in [-0.05, 0) is 42.7 Å². The molecule has 0 saturated heterocycles. The van der Waals surface area contributed by atoms with Gasteiger partial charge in [0, 0.05) is 24.5 Å². The van der Waals surface area contributed by atoms with Crippen LogP contribution in [-0.2, 0) is 17.4 Å². The van der Waals surface area contributed by atoms with Crippen LogP contribution in [0.5, 0.6) is 0 Å². The van der Waals surface area contributed by atoms with Crippen molar-refractivity contribution in [2.24, 2.45) is 0 Å². The van der Waals surface area contributed by atoms with Crippen LogP contribution in [0.25, 0.3) is 0 Å². The van der Waals surface area contributed by atoms with E-state index in [4.69, 9.17) is 11.6 Å². The SMILES string of the molecule is O=C(CCCc1cccnc1)Nc1ccc(Cl)c(C(F)(F)F)c1. The minimum absolute atomic E-state index is 0.0769. The van der Waals surface area contributed by atoms with Crippen molar-refractivity contribution in [3.05, 3.63) is 58.9 Å². The lowest BCUT2D eigenvalue weighted by molar-refractivity contribution is -0.137. The topological polar surface area (TPSA) is 42.0 Å². The Balaban J connectivity index is 1.90. The van der Waals surface area contributed by atoms with Crippen molar-refractivity contribution in [1.29, 1.82) is 0 Å². The molecule has 7 heteroatoms. The summed E-state index contributed by atoms with van der Waals surface area (Å²) >= 11 is 5.53. The molecule has 3 nitrogen and oxygen atoms in total. The molecule has 1 N–H and O–H groups in total. The standard InChI is InChI=1S/C16H14ClF3N2O/c17-14-7-6-12(9-13(14)16(18,19)20)22-15(23)5-1-3-11-4-2-8-21-10-11/h2,4,6-10H,1,3,5H2,(H,22,23). The van der Waals surface area contributed by atoms with Crippen molar-refractivity contribution < 1.29 is 18.0 Å². The number of hydrogen-bond acceptors (Lipinski definition) is 2. The van der Waals surface area contributed by atoms with Gasteiger partial charge in [0.25, 0.3) is 0 Å². The molecule has 2 aromatic rings. The third-order valence-electron chi connectivity index (χ3n) is 3.15. The van der Waals surface area contributed by atoms with Gasteiger partial charge in [0.05, 0.1) is 10.6 Å². The van der Waals surface area contributed by atoms with Crippen LogP contribution >= 0.6 is 11.6 Å². The lowest BCUT2D eigenvalue weighted by Gasteiger charge is -2.11. The van der Waals surface area contributed by atoms with Gasteiger partial charge in [-0.3, -0.25) is 9.78 Å². The number of carbonyl (C=O) groups excluding carboxylic acids is 1. The molecule has 0 bridgehead atoms. The highest BCUT2D eigenvalue weighted by Crippen LogP contribution is 2.36. The number of pyridine rings is 1. The molecule has 0 radical (unpaired) electrons. The lowest BCUT2D eigenvalue weighted by atomic mass is 10.1. The van der Waals surface area contributed by atoms with E-state index in [1.54, 1.807) is 12.4 Å². The van der Waals surface area contributed by atoms with E-state index in [0.29, 0.717) is 12.8 Å².